The molecule has 148 valence electrons. The standard InChI is InChI=1S/C17H14Cl2F2N3O3P/c1-2-26-28(25,24-13-5-3-4-12(18)10-13)14-8-6-11(7-9-14)15-22-16(27-23-15)17(19,20)21/h3-10H,2H2,1H3,(H,24,25). The number of nitrogens with zero attached hydrogens (tertiary/aromatic N) is 2. The molecule has 3 rings (SSSR count). The summed E-state index contributed by atoms with van der Waals surface area (Å²) in [5.74, 6) is -1.08. The van der Waals surface area contributed by atoms with Gasteiger partial charge in [-0.25, -0.2) is 0 Å². The first-order chi connectivity index (χ1) is 13.2. The number of benzene rings is 2. The zero-order valence-electron chi connectivity index (χ0n) is 14.4. The summed E-state index contributed by atoms with van der Waals surface area (Å²) in [5.41, 5.74) is 0.908. The van der Waals surface area contributed by atoms with Gasteiger partial charge in [0.1, 0.15) is 0 Å². The Hall–Kier alpha value is -1.99. The van der Waals surface area contributed by atoms with Gasteiger partial charge in [0.2, 0.25) is 5.82 Å². The second kappa shape index (κ2) is 8.17. The molecule has 0 amide bonds. The molecule has 6 nitrogen and oxygen atoms in total. The molecule has 0 saturated carbocycles. The van der Waals surface area contributed by atoms with Crippen molar-refractivity contribution in [1.29, 1.82) is 0 Å². The van der Waals surface area contributed by atoms with Crippen molar-refractivity contribution in [2.75, 3.05) is 11.7 Å². The van der Waals surface area contributed by atoms with E-state index >= 15 is 0 Å². The second-order valence-electron chi connectivity index (χ2n) is 5.56. The molecule has 28 heavy (non-hydrogen) atoms. The predicted octanol–water partition coefficient (Wildman–Crippen LogP) is 5.65. The summed E-state index contributed by atoms with van der Waals surface area (Å²) in [6, 6.07) is 12.8. The summed E-state index contributed by atoms with van der Waals surface area (Å²) in [7, 11) is -3.46. The largest absolute Gasteiger partial charge is 0.400 e. The Kier molecular flexibility index (Phi) is 6.05. The fourth-order valence-corrected chi connectivity index (χ4v) is 4.34. The molecule has 2 aromatic carbocycles. The van der Waals surface area contributed by atoms with Crippen LogP contribution in [0.3, 0.4) is 0 Å². The highest BCUT2D eigenvalue weighted by Crippen LogP contribution is 2.46. The Morgan fingerprint density at radius 2 is 1.96 bits per heavy atom. The van der Waals surface area contributed by atoms with Crippen molar-refractivity contribution < 1.29 is 22.4 Å². The highest BCUT2D eigenvalue weighted by atomic mass is 35.5. The van der Waals surface area contributed by atoms with E-state index in [1.54, 1.807) is 31.2 Å². The number of halogens is 4. The SMILES string of the molecule is CCOP(=O)(Nc1cccc(Cl)c1)c1ccc(-c2noc(C(F)(F)Cl)n2)cc1. The van der Waals surface area contributed by atoms with Crippen LogP contribution in [0.5, 0.6) is 0 Å². The summed E-state index contributed by atoms with van der Waals surface area (Å²) in [6.07, 6.45) is 0. The minimum Gasteiger partial charge on any atom is -0.331 e. The molecule has 1 atom stereocenters. The quantitative estimate of drug-likeness (QED) is 0.372. The van der Waals surface area contributed by atoms with Gasteiger partial charge >= 0.3 is 18.8 Å². The molecular formula is C17H14Cl2F2N3O3P. The van der Waals surface area contributed by atoms with E-state index in [1.165, 1.54) is 24.3 Å². The minimum atomic E-state index is -3.75. The topological polar surface area (TPSA) is 77.2 Å². The Bertz CT molecular complexity index is 1010. The maximum atomic E-state index is 13.3. The number of aromatic nitrogens is 2. The van der Waals surface area contributed by atoms with E-state index in [9.17, 15) is 13.3 Å². The van der Waals surface area contributed by atoms with Crippen LogP contribution in [0, 0.1) is 0 Å². The van der Waals surface area contributed by atoms with Crippen molar-refractivity contribution in [3.05, 3.63) is 59.4 Å². The van der Waals surface area contributed by atoms with E-state index in [0.717, 1.165) is 0 Å². The van der Waals surface area contributed by atoms with Crippen LogP contribution < -0.4 is 10.4 Å². The Morgan fingerprint density at radius 3 is 2.54 bits per heavy atom. The summed E-state index contributed by atoms with van der Waals surface area (Å²) >= 11 is 10.8. The van der Waals surface area contributed by atoms with Crippen LogP contribution in [0.4, 0.5) is 14.5 Å². The van der Waals surface area contributed by atoms with E-state index in [-0.39, 0.29) is 12.4 Å². The van der Waals surface area contributed by atoms with E-state index in [1.807, 2.05) is 0 Å². The van der Waals surface area contributed by atoms with Crippen LogP contribution in [-0.2, 0) is 14.5 Å². The molecule has 3 aromatic rings. The molecule has 0 fully saturated rings. The number of alkyl halides is 3. The lowest BCUT2D eigenvalue weighted by molar-refractivity contribution is 0.0551. The summed E-state index contributed by atoms with van der Waals surface area (Å²) in [4.78, 5) is 3.57. The number of anilines is 1. The monoisotopic (exact) mass is 447 g/mol. The molecular weight excluding hydrogens is 434 g/mol. The number of hydrogen-bond donors (Lipinski definition) is 1. The maximum Gasteiger partial charge on any atom is 0.400 e. The van der Waals surface area contributed by atoms with Gasteiger partial charge in [0.15, 0.2) is 0 Å². The molecule has 0 aliphatic carbocycles. The van der Waals surface area contributed by atoms with Crippen molar-refractivity contribution in [2.24, 2.45) is 0 Å². The Morgan fingerprint density at radius 1 is 1.25 bits per heavy atom. The smallest absolute Gasteiger partial charge is 0.331 e. The zero-order chi connectivity index (χ0) is 20.4. The van der Waals surface area contributed by atoms with E-state index in [4.69, 9.17) is 27.7 Å². The van der Waals surface area contributed by atoms with Gasteiger partial charge in [-0.3, -0.25) is 4.57 Å². The lowest BCUT2D eigenvalue weighted by Gasteiger charge is -2.20. The Labute approximate surface area is 169 Å². The van der Waals surface area contributed by atoms with Crippen molar-refractivity contribution >= 4 is 41.7 Å². The second-order valence-corrected chi connectivity index (χ2v) is 8.57. The fourth-order valence-electron chi connectivity index (χ4n) is 2.34. The predicted molar refractivity (Wildman–Crippen MR) is 103 cm³/mol. The average Bonchev–Trinajstić information content (AvgIpc) is 3.12. The number of hydrogen-bond acceptors (Lipinski definition) is 5. The summed E-state index contributed by atoms with van der Waals surface area (Å²) in [6.45, 7) is 1.92. The van der Waals surface area contributed by atoms with Crippen molar-refractivity contribution in [3.63, 3.8) is 0 Å². The molecule has 0 saturated heterocycles. The van der Waals surface area contributed by atoms with Crippen LogP contribution in [0.1, 0.15) is 12.8 Å². The third-order valence-corrected chi connectivity index (χ3v) is 6.09. The van der Waals surface area contributed by atoms with Gasteiger partial charge in [-0.15, -0.1) is 0 Å². The van der Waals surface area contributed by atoms with Crippen LogP contribution in [0.15, 0.2) is 53.1 Å². The van der Waals surface area contributed by atoms with Gasteiger partial charge in [-0.2, -0.15) is 13.8 Å². The van der Waals surface area contributed by atoms with E-state index in [0.29, 0.717) is 21.6 Å². The van der Waals surface area contributed by atoms with Crippen LogP contribution >= 0.6 is 30.7 Å². The molecule has 0 bridgehead atoms. The number of nitrogens with one attached hydrogen (secondary N) is 1. The minimum absolute atomic E-state index is 0.0732. The van der Waals surface area contributed by atoms with Crippen LogP contribution in [0.2, 0.25) is 5.02 Å². The highest BCUT2D eigenvalue weighted by molar-refractivity contribution is 7.68. The lowest BCUT2D eigenvalue weighted by atomic mass is 10.2. The lowest BCUT2D eigenvalue weighted by Crippen LogP contribution is -2.14. The first-order valence-electron chi connectivity index (χ1n) is 8.01. The van der Waals surface area contributed by atoms with Gasteiger partial charge in [0, 0.05) is 16.3 Å². The van der Waals surface area contributed by atoms with Gasteiger partial charge in [-0.05, 0) is 48.9 Å². The van der Waals surface area contributed by atoms with E-state index in [2.05, 4.69) is 19.8 Å². The van der Waals surface area contributed by atoms with Crippen LogP contribution in [0.25, 0.3) is 11.4 Å². The molecule has 1 aromatic heterocycles. The van der Waals surface area contributed by atoms with Gasteiger partial charge in [0.25, 0.3) is 0 Å². The maximum absolute atomic E-state index is 13.3. The normalized spacial score (nSPS) is 13.9. The Balaban J connectivity index is 1.88. The third kappa shape index (κ3) is 4.70. The highest BCUT2D eigenvalue weighted by Gasteiger charge is 2.35. The fraction of sp³-hybridized carbons (Fsp3) is 0.176. The van der Waals surface area contributed by atoms with Gasteiger partial charge < -0.3 is 14.1 Å². The molecule has 0 aliphatic heterocycles. The molecule has 0 aliphatic rings. The van der Waals surface area contributed by atoms with Crippen molar-refractivity contribution in [3.8, 4) is 11.4 Å². The van der Waals surface area contributed by atoms with Crippen molar-refractivity contribution in [1.82, 2.24) is 10.1 Å². The van der Waals surface area contributed by atoms with Crippen molar-refractivity contribution in [2.45, 2.75) is 12.3 Å². The molecule has 11 heteroatoms. The molecule has 1 heterocycles. The van der Waals surface area contributed by atoms with Crippen LogP contribution in [-0.4, -0.2) is 16.7 Å². The molecule has 0 radical (unpaired) electrons. The molecule has 1 unspecified atom stereocenters. The molecule has 1 N–H and O–H groups in total. The van der Waals surface area contributed by atoms with Gasteiger partial charge in [-0.1, -0.05) is 35.0 Å². The number of rotatable bonds is 7. The van der Waals surface area contributed by atoms with E-state index < -0.39 is 18.8 Å². The first kappa shape index (κ1) is 20.7. The first-order valence-corrected chi connectivity index (χ1v) is 10.4. The zero-order valence-corrected chi connectivity index (χ0v) is 16.8. The molecule has 0 spiro atoms. The average molecular weight is 448 g/mol. The van der Waals surface area contributed by atoms with Gasteiger partial charge in [0.05, 0.1) is 11.9 Å². The third-order valence-electron chi connectivity index (χ3n) is 3.55. The summed E-state index contributed by atoms with van der Waals surface area (Å²) < 4.78 is 49.3. The summed E-state index contributed by atoms with van der Waals surface area (Å²) in [5, 5.41) is 3.45.